The Morgan fingerprint density at radius 2 is 1.95 bits per heavy atom. The molecule has 0 aliphatic heterocycles. The molecular weight excluding hydrogens is 248 g/mol. The third kappa shape index (κ3) is 3.29. The smallest absolute Gasteiger partial charge is 0.194 e. The quantitative estimate of drug-likeness (QED) is 0.743. The third-order valence-electron chi connectivity index (χ3n) is 4.30. The van der Waals surface area contributed by atoms with Gasteiger partial charge in [-0.2, -0.15) is 0 Å². The summed E-state index contributed by atoms with van der Waals surface area (Å²) in [5.74, 6) is 0.775. The van der Waals surface area contributed by atoms with Crippen LogP contribution in [0.2, 0.25) is 0 Å². The van der Waals surface area contributed by atoms with Crippen molar-refractivity contribution in [3.05, 3.63) is 35.4 Å². The van der Waals surface area contributed by atoms with Gasteiger partial charge in [-0.05, 0) is 36.8 Å². The van der Waals surface area contributed by atoms with Crippen LogP contribution in [-0.4, -0.2) is 18.5 Å². The van der Waals surface area contributed by atoms with E-state index >= 15 is 0 Å². The standard InChI is InChI=1S/C18H26O2/c1-14(2)12-15-8-7-9-16(13-15)17(19)18(20-3)10-5-4-6-11-18/h7-9,13-14H,4-6,10-12H2,1-3H3. The number of hydrogen-bond acceptors (Lipinski definition) is 2. The highest BCUT2D eigenvalue weighted by Gasteiger charge is 2.39. The molecule has 1 aromatic rings. The summed E-state index contributed by atoms with van der Waals surface area (Å²) in [5.41, 5.74) is 1.48. The van der Waals surface area contributed by atoms with E-state index in [1.54, 1.807) is 7.11 Å². The molecule has 2 nitrogen and oxygen atoms in total. The molecule has 20 heavy (non-hydrogen) atoms. The summed E-state index contributed by atoms with van der Waals surface area (Å²) >= 11 is 0. The van der Waals surface area contributed by atoms with E-state index in [-0.39, 0.29) is 5.78 Å². The number of ether oxygens (including phenoxy) is 1. The number of methoxy groups -OCH3 is 1. The highest BCUT2D eigenvalue weighted by Crippen LogP contribution is 2.34. The lowest BCUT2D eigenvalue weighted by Gasteiger charge is -2.34. The molecule has 0 N–H and O–H groups in total. The second kappa shape index (κ2) is 6.53. The summed E-state index contributed by atoms with van der Waals surface area (Å²) in [6, 6.07) is 8.09. The minimum Gasteiger partial charge on any atom is -0.370 e. The van der Waals surface area contributed by atoms with Crippen LogP contribution in [0.1, 0.15) is 61.9 Å². The Balaban J connectivity index is 2.23. The van der Waals surface area contributed by atoms with Crippen molar-refractivity contribution in [2.75, 3.05) is 7.11 Å². The molecule has 0 heterocycles. The van der Waals surface area contributed by atoms with Crippen LogP contribution >= 0.6 is 0 Å². The van der Waals surface area contributed by atoms with Crippen molar-refractivity contribution in [2.24, 2.45) is 5.92 Å². The number of carbonyl (C=O) groups is 1. The Bertz CT molecular complexity index is 456. The minimum atomic E-state index is -0.575. The molecule has 1 aliphatic rings. The molecule has 1 saturated carbocycles. The number of rotatable bonds is 5. The topological polar surface area (TPSA) is 26.3 Å². The van der Waals surface area contributed by atoms with Crippen LogP contribution in [-0.2, 0) is 11.2 Å². The van der Waals surface area contributed by atoms with Crippen LogP contribution in [0.4, 0.5) is 0 Å². The summed E-state index contributed by atoms with van der Waals surface area (Å²) in [7, 11) is 1.68. The molecule has 0 atom stereocenters. The zero-order valence-electron chi connectivity index (χ0n) is 12.9. The van der Waals surface area contributed by atoms with Gasteiger partial charge in [0.25, 0.3) is 0 Å². The lowest BCUT2D eigenvalue weighted by Crippen LogP contribution is -2.42. The third-order valence-corrected chi connectivity index (χ3v) is 4.30. The van der Waals surface area contributed by atoms with E-state index < -0.39 is 5.60 Å². The van der Waals surface area contributed by atoms with E-state index in [0.29, 0.717) is 5.92 Å². The predicted molar refractivity (Wildman–Crippen MR) is 82.1 cm³/mol. The number of hydrogen-bond donors (Lipinski definition) is 0. The van der Waals surface area contributed by atoms with Gasteiger partial charge in [-0.3, -0.25) is 4.79 Å². The van der Waals surface area contributed by atoms with Gasteiger partial charge in [0.1, 0.15) is 5.60 Å². The maximum absolute atomic E-state index is 12.9. The fourth-order valence-corrected chi connectivity index (χ4v) is 3.22. The first-order chi connectivity index (χ1) is 9.57. The summed E-state index contributed by atoms with van der Waals surface area (Å²) in [6.45, 7) is 4.40. The van der Waals surface area contributed by atoms with Crippen molar-refractivity contribution < 1.29 is 9.53 Å². The lowest BCUT2D eigenvalue weighted by molar-refractivity contribution is -0.0194. The molecule has 0 aromatic heterocycles. The van der Waals surface area contributed by atoms with Crippen molar-refractivity contribution in [1.29, 1.82) is 0 Å². The summed E-state index contributed by atoms with van der Waals surface area (Å²) in [4.78, 5) is 12.9. The van der Waals surface area contributed by atoms with E-state index in [1.165, 1.54) is 12.0 Å². The van der Waals surface area contributed by atoms with Crippen molar-refractivity contribution >= 4 is 5.78 Å². The van der Waals surface area contributed by atoms with Crippen molar-refractivity contribution in [3.63, 3.8) is 0 Å². The first-order valence-electron chi connectivity index (χ1n) is 7.76. The number of Topliss-reactive ketones (excluding diaryl/α,β-unsaturated/α-hetero) is 1. The summed E-state index contributed by atoms with van der Waals surface area (Å²) < 4.78 is 5.67. The Kier molecular flexibility index (Phi) is 4.98. The summed E-state index contributed by atoms with van der Waals surface area (Å²) in [5, 5.41) is 0. The molecule has 1 fully saturated rings. The van der Waals surface area contributed by atoms with E-state index in [1.807, 2.05) is 12.1 Å². The van der Waals surface area contributed by atoms with E-state index in [4.69, 9.17) is 4.74 Å². The van der Waals surface area contributed by atoms with Crippen LogP contribution in [0.15, 0.2) is 24.3 Å². The van der Waals surface area contributed by atoms with Gasteiger partial charge in [0.2, 0.25) is 0 Å². The molecule has 110 valence electrons. The average molecular weight is 274 g/mol. The van der Waals surface area contributed by atoms with Gasteiger partial charge < -0.3 is 4.74 Å². The van der Waals surface area contributed by atoms with Gasteiger partial charge in [0, 0.05) is 12.7 Å². The van der Waals surface area contributed by atoms with Gasteiger partial charge in [0.05, 0.1) is 0 Å². The van der Waals surface area contributed by atoms with Crippen LogP contribution in [0.5, 0.6) is 0 Å². The second-order valence-electron chi connectivity index (χ2n) is 6.39. The maximum Gasteiger partial charge on any atom is 0.194 e. The number of carbonyl (C=O) groups excluding carboxylic acids is 1. The molecule has 2 heteroatoms. The van der Waals surface area contributed by atoms with Crippen molar-refractivity contribution in [1.82, 2.24) is 0 Å². The Labute approximate surface area is 122 Å². The zero-order valence-corrected chi connectivity index (χ0v) is 12.9. The second-order valence-corrected chi connectivity index (χ2v) is 6.39. The van der Waals surface area contributed by atoms with Gasteiger partial charge in [-0.25, -0.2) is 0 Å². The largest absolute Gasteiger partial charge is 0.370 e. The fourth-order valence-electron chi connectivity index (χ4n) is 3.22. The minimum absolute atomic E-state index is 0.172. The van der Waals surface area contributed by atoms with Crippen molar-refractivity contribution in [3.8, 4) is 0 Å². The van der Waals surface area contributed by atoms with Crippen LogP contribution in [0.25, 0.3) is 0 Å². The molecule has 0 unspecified atom stereocenters. The first-order valence-corrected chi connectivity index (χ1v) is 7.76. The molecule has 2 rings (SSSR count). The SMILES string of the molecule is COC1(C(=O)c2cccc(CC(C)C)c2)CCCCC1. The fraction of sp³-hybridized carbons (Fsp3) is 0.611. The maximum atomic E-state index is 12.9. The number of benzene rings is 1. The van der Waals surface area contributed by atoms with E-state index in [2.05, 4.69) is 26.0 Å². The molecule has 0 spiro atoms. The molecule has 1 aliphatic carbocycles. The van der Waals surface area contributed by atoms with Gasteiger partial charge in [-0.1, -0.05) is 51.3 Å². The molecule has 1 aromatic carbocycles. The predicted octanol–water partition coefficient (Wildman–Crippen LogP) is 4.42. The van der Waals surface area contributed by atoms with Crippen LogP contribution in [0, 0.1) is 5.92 Å². The molecular formula is C18H26O2. The van der Waals surface area contributed by atoms with E-state index in [0.717, 1.165) is 37.7 Å². The highest BCUT2D eigenvalue weighted by molar-refractivity contribution is 6.02. The Hall–Kier alpha value is -1.15. The normalized spacial score (nSPS) is 18.2. The average Bonchev–Trinajstić information content (AvgIpc) is 2.47. The lowest BCUT2D eigenvalue weighted by atomic mass is 9.79. The van der Waals surface area contributed by atoms with E-state index in [9.17, 15) is 4.79 Å². The van der Waals surface area contributed by atoms with Crippen LogP contribution in [0.3, 0.4) is 0 Å². The molecule has 0 bridgehead atoms. The Morgan fingerprint density at radius 1 is 1.25 bits per heavy atom. The summed E-state index contributed by atoms with van der Waals surface area (Å²) in [6.07, 6.45) is 6.12. The first kappa shape index (κ1) is 15.2. The molecule has 0 saturated heterocycles. The van der Waals surface area contributed by atoms with Gasteiger partial charge >= 0.3 is 0 Å². The van der Waals surface area contributed by atoms with Gasteiger partial charge in [0.15, 0.2) is 5.78 Å². The Morgan fingerprint density at radius 3 is 2.55 bits per heavy atom. The van der Waals surface area contributed by atoms with Crippen LogP contribution < -0.4 is 0 Å². The highest BCUT2D eigenvalue weighted by atomic mass is 16.5. The van der Waals surface area contributed by atoms with Crippen molar-refractivity contribution in [2.45, 2.75) is 58.0 Å². The monoisotopic (exact) mass is 274 g/mol. The molecule has 0 amide bonds. The number of ketones is 1. The molecule has 0 radical (unpaired) electrons. The zero-order chi connectivity index (χ0) is 14.6. The van der Waals surface area contributed by atoms with Gasteiger partial charge in [-0.15, -0.1) is 0 Å².